The largest absolute Gasteiger partial charge is 0.349 e. The summed E-state index contributed by atoms with van der Waals surface area (Å²) >= 11 is 0. The molecule has 0 spiro atoms. The third-order valence-electron chi connectivity index (χ3n) is 3.79. The van der Waals surface area contributed by atoms with Gasteiger partial charge in [0.2, 0.25) is 10.0 Å². The lowest BCUT2D eigenvalue weighted by atomic mass is 10.4. The summed E-state index contributed by atoms with van der Waals surface area (Å²) in [6.45, 7) is 6.29. The third-order valence-corrected chi connectivity index (χ3v) is 5.71. The van der Waals surface area contributed by atoms with E-state index in [-0.39, 0.29) is 6.04 Å². The van der Waals surface area contributed by atoms with E-state index >= 15 is 0 Å². The topological polar surface area (TPSA) is 54.3 Å². The maximum Gasteiger partial charge on any atom is 0.244 e. The van der Waals surface area contributed by atoms with E-state index in [1.165, 1.54) is 0 Å². The first-order chi connectivity index (χ1) is 10.0. The van der Waals surface area contributed by atoms with Crippen molar-refractivity contribution in [2.75, 3.05) is 13.6 Å². The molecular formula is C15H27N3O2S. The molecule has 0 atom stereocenters. The molecule has 2 rings (SSSR count). The van der Waals surface area contributed by atoms with Crippen LogP contribution in [0.1, 0.15) is 45.2 Å². The first kappa shape index (κ1) is 16.5. The highest BCUT2D eigenvalue weighted by Crippen LogP contribution is 2.32. The molecule has 1 heterocycles. The van der Waals surface area contributed by atoms with Crippen LogP contribution in [0.15, 0.2) is 17.2 Å². The van der Waals surface area contributed by atoms with E-state index < -0.39 is 10.0 Å². The van der Waals surface area contributed by atoms with Crippen molar-refractivity contribution in [1.29, 1.82) is 0 Å². The maximum absolute atomic E-state index is 12.9. The van der Waals surface area contributed by atoms with Gasteiger partial charge in [-0.2, -0.15) is 4.31 Å². The Bertz CT molecular complexity index is 538. The van der Waals surface area contributed by atoms with Gasteiger partial charge in [-0.25, -0.2) is 8.42 Å². The fraction of sp³-hybridized carbons (Fsp3) is 0.733. The van der Waals surface area contributed by atoms with Crippen LogP contribution in [0, 0.1) is 0 Å². The second-order valence-corrected chi connectivity index (χ2v) is 7.63. The summed E-state index contributed by atoms with van der Waals surface area (Å²) in [6, 6.07) is 2.05. The molecule has 0 aromatic carbocycles. The second kappa shape index (κ2) is 6.94. The first-order valence-corrected chi connectivity index (χ1v) is 9.34. The standard InChI is InChI=1S/C15H27N3O2S/c1-4-8-17-12-15(10-14(17)11-16-3)21(19,20)18(9-5-2)13-6-7-13/h10,12-13,16H,4-9,11H2,1-3H3. The van der Waals surface area contributed by atoms with Gasteiger partial charge in [0.05, 0.1) is 0 Å². The van der Waals surface area contributed by atoms with Gasteiger partial charge >= 0.3 is 0 Å². The molecule has 1 N–H and O–H groups in total. The van der Waals surface area contributed by atoms with Crippen LogP contribution in [0.5, 0.6) is 0 Å². The maximum atomic E-state index is 12.9. The number of aryl methyl sites for hydroxylation is 1. The van der Waals surface area contributed by atoms with Crippen LogP contribution in [-0.4, -0.2) is 36.9 Å². The SMILES string of the molecule is CCCN(C1CC1)S(=O)(=O)c1cc(CNC)n(CCC)c1. The average molecular weight is 313 g/mol. The molecular weight excluding hydrogens is 286 g/mol. The van der Waals surface area contributed by atoms with E-state index in [0.29, 0.717) is 18.0 Å². The van der Waals surface area contributed by atoms with E-state index in [0.717, 1.165) is 37.9 Å². The molecule has 1 aromatic heterocycles. The van der Waals surface area contributed by atoms with Crippen LogP contribution in [0.2, 0.25) is 0 Å². The quantitative estimate of drug-likeness (QED) is 0.760. The van der Waals surface area contributed by atoms with Crippen molar-refractivity contribution in [2.45, 2.75) is 63.6 Å². The molecule has 6 heteroatoms. The average Bonchev–Trinajstić information content (AvgIpc) is 3.19. The van der Waals surface area contributed by atoms with Crippen molar-refractivity contribution in [3.63, 3.8) is 0 Å². The van der Waals surface area contributed by atoms with E-state index in [1.807, 2.05) is 20.0 Å². The van der Waals surface area contributed by atoms with Gasteiger partial charge in [0.1, 0.15) is 4.90 Å². The number of hydrogen-bond acceptors (Lipinski definition) is 3. The molecule has 0 aliphatic heterocycles. The van der Waals surface area contributed by atoms with E-state index in [1.54, 1.807) is 10.5 Å². The van der Waals surface area contributed by atoms with E-state index in [2.05, 4.69) is 16.8 Å². The Morgan fingerprint density at radius 3 is 2.57 bits per heavy atom. The normalized spacial score (nSPS) is 15.8. The van der Waals surface area contributed by atoms with Crippen LogP contribution >= 0.6 is 0 Å². The van der Waals surface area contributed by atoms with Gasteiger partial charge in [0.15, 0.2) is 0 Å². The fourth-order valence-corrected chi connectivity index (χ4v) is 4.50. The Kier molecular flexibility index (Phi) is 5.46. The van der Waals surface area contributed by atoms with Crippen molar-refractivity contribution in [3.05, 3.63) is 18.0 Å². The molecule has 1 aliphatic carbocycles. The summed E-state index contributed by atoms with van der Waals surface area (Å²) in [6.07, 6.45) is 5.65. The van der Waals surface area contributed by atoms with Crippen molar-refractivity contribution >= 4 is 10.0 Å². The highest BCUT2D eigenvalue weighted by molar-refractivity contribution is 7.89. The van der Waals surface area contributed by atoms with Crippen LogP contribution < -0.4 is 5.32 Å². The number of hydrogen-bond donors (Lipinski definition) is 1. The van der Waals surface area contributed by atoms with Crippen LogP contribution in [0.4, 0.5) is 0 Å². The van der Waals surface area contributed by atoms with Gasteiger partial charge in [0, 0.05) is 37.6 Å². The molecule has 1 saturated carbocycles. The summed E-state index contributed by atoms with van der Waals surface area (Å²) < 4.78 is 29.5. The van der Waals surface area contributed by atoms with Crippen LogP contribution in [-0.2, 0) is 23.1 Å². The lowest BCUT2D eigenvalue weighted by molar-refractivity contribution is 0.403. The third kappa shape index (κ3) is 3.67. The predicted octanol–water partition coefficient (Wildman–Crippen LogP) is 2.18. The zero-order valence-electron chi connectivity index (χ0n) is 13.3. The van der Waals surface area contributed by atoms with Gasteiger partial charge in [-0.05, 0) is 38.8 Å². The highest BCUT2D eigenvalue weighted by Gasteiger charge is 2.38. The highest BCUT2D eigenvalue weighted by atomic mass is 32.2. The molecule has 1 aromatic rings. The smallest absolute Gasteiger partial charge is 0.244 e. The Morgan fingerprint density at radius 2 is 2.05 bits per heavy atom. The molecule has 0 bridgehead atoms. The lowest BCUT2D eigenvalue weighted by Gasteiger charge is -2.20. The Morgan fingerprint density at radius 1 is 1.33 bits per heavy atom. The summed E-state index contributed by atoms with van der Waals surface area (Å²) in [5.74, 6) is 0. The summed E-state index contributed by atoms with van der Waals surface area (Å²) in [7, 11) is -1.47. The van der Waals surface area contributed by atoms with Gasteiger partial charge in [-0.3, -0.25) is 0 Å². The monoisotopic (exact) mass is 313 g/mol. The van der Waals surface area contributed by atoms with Gasteiger partial charge in [0.25, 0.3) is 0 Å². The Balaban J connectivity index is 2.31. The summed E-state index contributed by atoms with van der Waals surface area (Å²) in [5.41, 5.74) is 1.03. The van der Waals surface area contributed by atoms with Crippen molar-refractivity contribution in [1.82, 2.24) is 14.2 Å². The van der Waals surface area contributed by atoms with Crippen molar-refractivity contribution < 1.29 is 8.42 Å². The molecule has 5 nitrogen and oxygen atoms in total. The second-order valence-electron chi connectivity index (χ2n) is 5.74. The van der Waals surface area contributed by atoms with Gasteiger partial charge in [-0.1, -0.05) is 13.8 Å². The molecule has 120 valence electrons. The van der Waals surface area contributed by atoms with Gasteiger partial charge < -0.3 is 9.88 Å². The minimum atomic E-state index is -3.35. The Hall–Kier alpha value is -0.850. The molecule has 1 aliphatic rings. The molecule has 0 radical (unpaired) electrons. The van der Waals surface area contributed by atoms with E-state index in [4.69, 9.17) is 0 Å². The van der Waals surface area contributed by atoms with Crippen molar-refractivity contribution in [3.8, 4) is 0 Å². The predicted molar refractivity (Wildman–Crippen MR) is 84.7 cm³/mol. The molecule has 0 amide bonds. The number of sulfonamides is 1. The summed E-state index contributed by atoms with van der Waals surface area (Å²) in [4.78, 5) is 0.446. The van der Waals surface area contributed by atoms with Gasteiger partial charge in [-0.15, -0.1) is 0 Å². The lowest BCUT2D eigenvalue weighted by Crippen LogP contribution is -2.33. The van der Waals surface area contributed by atoms with Crippen LogP contribution in [0.3, 0.4) is 0 Å². The first-order valence-electron chi connectivity index (χ1n) is 7.90. The number of nitrogens with zero attached hydrogens (tertiary/aromatic N) is 2. The number of rotatable bonds is 9. The van der Waals surface area contributed by atoms with Crippen molar-refractivity contribution in [2.24, 2.45) is 0 Å². The fourth-order valence-electron chi connectivity index (χ4n) is 2.66. The Labute approximate surface area is 128 Å². The number of aromatic nitrogens is 1. The zero-order valence-corrected chi connectivity index (χ0v) is 14.1. The minimum Gasteiger partial charge on any atom is -0.349 e. The minimum absolute atomic E-state index is 0.220. The molecule has 0 unspecified atom stereocenters. The molecule has 1 fully saturated rings. The summed E-state index contributed by atoms with van der Waals surface area (Å²) in [5, 5.41) is 3.11. The molecule has 21 heavy (non-hydrogen) atoms. The zero-order chi connectivity index (χ0) is 15.5. The van der Waals surface area contributed by atoms with Crippen LogP contribution in [0.25, 0.3) is 0 Å². The van der Waals surface area contributed by atoms with E-state index in [9.17, 15) is 8.42 Å². The number of nitrogens with one attached hydrogen (secondary N) is 1. The molecule has 0 saturated heterocycles.